The van der Waals surface area contributed by atoms with Crippen molar-refractivity contribution in [2.75, 3.05) is 39.8 Å². The summed E-state index contributed by atoms with van der Waals surface area (Å²) in [6.45, 7) is 1.53. The number of carbonyl (C=O) groups is 1. The topological polar surface area (TPSA) is 87.0 Å². The predicted octanol–water partition coefficient (Wildman–Crippen LogP) is 0.0204. The Bertz CT molecular complexity index is 460. The van der Waals surface area contributed by atoms with Crippen molar-refractivity contribution in [2.24, 2.45) is 5.73 Å². The van der Waals surface area contributed by atoms with Crippen molar-refractivity contribution in [3.8, 4) is 0 Å². The molecule has 0 unspecified atom stereocenters. The van der Waals surface area contributed by atoms with Crippen molar-refractivity contribution in [2.45, 2.75) is 38.1 Å². The molecule has 1 heterocycles. The Hall–Kier alpha value is -0.410. The standard InChI is InChI=1S/C13H26N4O3S.ClH/c1-15(12-5-3-2-4-6-12)21(19,20)17-9-7-16(8-10-17)13(18)11-14;/h12H,2-11,14H2,1H3;1H. The molecule has 0 radical (unpaired) electrons. The summed E-state index contributed by atoms with van der Waals surface area (Å²) in [5.41, 5.74) is 5.34. The largest absolute Gasteiger partial charge is 0.339 e. The van der Waals surface area contributed by atoms with Gasteiger partial charge in [0.1, 0.15) is 0 Å². The molecule has 22 heavy (non-hydrogen) atoms. The van der Waals surface area contributed by atoms with Gasteiger partial charge in [0.25, 0.3) is 10.2 Å². The molecule has 1 saturated carbocycles. The summed E-state index contributed by atoms with van der Waals surface area (Å²) in [6.07, 6.45) is 5.29. The zero-order valence-electron chi connectivity index (χ0n) is 13.1. The van der Waals surface area contributed by atoms with Crippen LogP contribution in [-0.4, -0.2) is 73.6 Å². The maximum Gasteiger partial charge on any atom is 0.282 e. The number of rotatable bonds is 4. The lowest BCUT2D eigenvalue weighted by atomic mass is 9.96. The smallest absolute Gasteiger partial charge is 0.282 e. The van der Waals surface area contributed by atoms with Crippen LogP contribution in [0.2, 0.25) is 0 Å². The van der Waals surface area contributed by atoms with Gasteiger partial charge in [-0.1, -0.05) is 19.3 Å². The highest BCUT2D eigenvalue weighted by Crippen LogP contribution is 2.25. The van der Waals surface area contributed by atoms with Crippen LogP contribution in [0.5, 0.6) is 0 Å². The minimum atomic E-state index is -3.42. The summed E-state index contributed by atoms with van der Waals surface area (Å²) in [4.78, 5) is 13.2. The molecule has 1 aliphatic carbocycles. The van der Waals surface area contributed by atoms with Gasteiger partial charge in [-0.05, 0) is 12.8 Å². The second kappa shape index (κ2) is 8.44. The van der Waals surface area contributed by atoms with Crippen LogP contribution in [0.15, 0.2) is 0 Å². The molecule has 1 aliphatic heterocycles. The molecule has 2 rings (SSSR count). The molecule has 2 aliphatic rings. The highest BCUT2D eigenvalue weighted by Gasteiger charge is 2.35. The number of halogens is 1. The van der Waals surface area contributed by atoms with Crippen LogP contribution in [0.25, 0.3) is 0 Å². The summed E-state index contributed by atoms with van der Waals surface area (Å²) in [6, 6.07) is 0.118. The number of nitrogens with two attached hydrogens (primary N) is 1. The third kappa shape index (κ3) is 4.32. The van der Waals surface area contributed by atoms with Gasteiger partial charge in [0, 0.05) is 39.3 Å². The van der Waals surface area contributed by atoms with Gasteiger partial charge in [0.2, 0.25) is 5.91 Å². The van der Waals surface area contributed by atoms with E-state index in [4.69, 9.17) is 5.73 Å². The Balaban J connectivity index is 0.00000242. The first kappa shape index (κ1) is 19.6. The molecule has 2 N–H and O–H groups in total. The van der Waals surface area contributed by atoms with Crippen molar-refractivity contribution >= 4 is 28.5 Å². The van der Waals surface area contributed by atoms with Gasteiger partial charge >= 0.3 is 0 Å². The zero-order chi connectivity index (χ0) is 15.5. The number of nitrogens with zero attached hydrogens (tertiary/aromatic N) is 3. The number of piperazine rings is 1. The number of amides is 1. The van der Waals surface area contributed by atoms with E-state index in [2.05, 4.69) is 0 Å². The van der Waals surface area contributed by atoms with E-state index in [1.165, 1.54) is 15.0 Å². The maximum absolute atomic E-state index is 12.7. The van der Waals surface area contributed by atoms with E-state index in [9.17, 15) is 13.2 Å². The fourth-order valence-electron chi connectivity index (χ4n) is 3.11. The molecule has 9 heteroatoms. The summed E-state index contributed by atoms with van der Waals surface area (Å²) in [5.74, 6) is -0.118. The van der Waals surface area contributed by atoms with Crippen LogP contribution in [0.4, 0.5) is 0 Å². The van der Waals surface area contributed by atoms with Crippen LogP contribution in [-0.2, 0) is 15.0 Å². The van der Waals surface area contributed by atoms with Gasteiger partial charge in [0.05, 0.1) is 6.54 Å². The lowest BCUT2D eigenvalue weighted by Gasteiger charge is -2.38. The Labute approximate surface area is 139 Å². The van der Waals surface area contributed by atoms with Crippen molar-refractivity contribution in [1.29, 1.82) is 0 Å². The van der Waals surface area contributed by atoms with E-state index in [0.29, 0.717) is 26.2 Å². The van der Waals surface area contributed by atoms with Crippen molar-refractivity contribution in [3.63, 3.8) is 0 Å². The summed E-state index contributed by atoms with van der Waals surface area (Å²) in [5, 5.41) is 0. The van der Waals surface area contributed by atoms with Crippen LogP contribution < -0.4 is 5.73 Å². The number of hydrogen-bond acceptors (Lipinski definition) is 4. The van der Waals surface area contributed by atoms with Gasteiger partial charge in [-0.25, -0.2) is 0 Å². The molecule has 7 nitrogen and oxygen atoms in total. The quantitative estimate of drug-likeness (QED) is 0.771. The van der Waals surface area contributed by atoms with Gasteiger partial charge in [0.15, 0.2) is 0 Å². The summed E-state index contributed by atoms with van der Waals surface area (Å²) in [7, 11) is -1.74. The molecule has 0 bridgehead atoms. The van der Waals surface area contributed by atoms with Gasteiger partial charge in [-0.15, -0.1) is 12.4 Å². The zero-order valence-corrected chi connectivity index (χ0v) is 14.7. The highest BCUT2D eigenvalue weighted by atomic mass is 35.5. The van der Waals surface area contributed by atoms with Gasteiger partial charge < -0.3 is 10.6 Å². The van der Waals surface area contributed by atoms with Crippen molar-refractivity contribution in [3.05, 3.63) is 0 Å². The monoisotopic (exact) mass is 354 g/mol. The first-order valence-electron chi connectivity index (χ1n) is 7.67. The molecule has 1 amide bonds. The van der Waals surface area contributed by atoms with Crippen LogP contribution in [0.1, 0.15) is 32.1 Å². The third-order valence-electron chi connectivity index (χ3n) is 4.55. The SMILES string of the molecule is CN(C1CCCCC1)S(=O)(=O)N1CCN(C(=O)CN)CC1.Cl. The average molecular weight is 355 g/mol. The molecule has 0 spiro atoms. The molecule has 0 aromatic rings. The molecular weight excluding hydrogens is 328 g/mol. The minimum absolute atomic E-state index is 0. The van der Waals surface area contributed by atoms with Crippen LogP contribution in [0, 0.1) is 0 Å². The average Bonchev–Trinajstić information content (AvgIpc) is 2.54. The molecule has 0 atom stereocenters. The van der Waals surface area contributed by atoms with E-state index >= 15 is 0 Å². The Morgan fingerprint density at radius 1 is 1.14 bits per heavy atom. The molecule has 0 aromatic heterocycles. The third-order valence-corrected chi connectivity index (χ3v) is 6.59. The molecule has 2 fully saturated rings. The number of hydrogen-bond donors (Lipinski definition) is 1. The van der Waals surface area contributed by atoms with E-state index in [1.54, 1.807) is 11.9 Å². The van der Waals surface area contributed by atoms with Crippen molar-refractivity contribution < 1.29 is 13.2 Å². The first-order chi connectivity index (χ1) is 9.96. The lowest BCUT2D eigenvalue weighted by molar-refractivity contribution is -0.130. The molecular formula is C13H27ClN4O3S. The highest BCUT2D eigenvalue weighted by molar-refractivity contribution is 7.86. The van der Waals surface area contributed by atoms with Gasteiger partial charge in [-0.2, -0.15) is 17.0 Å². The molecule has 0 aromatic carbocycles. The fourth-order valence-corrected chi connectivity index (χ4v) is 4.69. The second-order valence-electron chi connectivity index (χ2n) is 5.80. The minimum Gasteiger partial charge on any atom is -0.339 e. The number of carbonyl (C=O) groups excluding carboxylic acids is 1. The van der Waals surface area contributed by atoms with E-state index < -0.39 is 10.2 Å². The Morgan fingerprint density at radius 2 is 1.68 bits per heavy atom. The Kier molecular flexibility index (Phi) is 7.54. The molecule has 130 valence electrons. The van der Waals surface area contributed by atoms with E-state index in [0.717, 1.165) is 25.7 Å². The fraction of sp³-hybridized carbons (Fsp3) is 0.923. The van der Waals surface area contributed by atoms with Crippen LogP contribution in [0.3, 0.4) is 0 Å². The first-order valence-corrected chi connectivity index (χ1v) is 9.07. The molecule has 1 saturated heterocycles. The summed E-state index contributed by atoms with van der Waals surface area (Å²) >= 11 is 0. The lowest BCUT2D eigenvalue weighted by Crippen LogP contribution is -2.55. The predicted molar refractivity (Wildman–Crippen MR) is 88.0 cm³/mol. The van der Waals surface area contributed by atoms with Crippen LogP contribution >= 0.6 is 12.4 Å². The Morgan fingerprint density at radius 3 is 2.18 bits per heavy atom. The van der Waals surface area contributed by atoms with E-state index in [-0.39, 0.29) is 30.9 Å². The second-order valence-corrected chi connectivity index (χ2v) is 7.79. The summed E-state index contributed by atoms with van der Waals surface area (Å²) < 4.78 is 28.3. The van der Waals surface area contributed by atoms with Gasteiger partial charge in [-0.3, -0.25) is 4.79 Å². The maximum atomic E-state index is 12.7. The van der Waals surface area contributed by atoms with E-state index in [1.807, 2.05) is 0 Å². The normalized spacial score (nSPS) is 21.7. The van der Waals surface area contributed by atoms with Crippen molar-refractivity contribution in [1.82, 2.24) is 13.5 Å².